The van der Waals surface area contributed by atoms with Crippen LogP contribution in [0.1, 0.15) is 12.7 Å². The summed E-state index contributed by atoms with van der Waals surface area (Å²) in [6.45, 7) is 4.00. The maximum absolute atomic E-state index is 4.70. The maximum atomic E-state index is 4.70. The minimum atomic E-state index is 0.438. The lowest BCUT2D eigenvalue weighted by Crippen LogP contribution is -2.41. The molecule has 3 aromatic rings. The molecule has 0 saturated heterocycles. The number of H-pyrrole nitrogens is 1. The molecule has 4 heteroatoms. The number of nitrogens with one attached hydrogen (secondary N) is 2. The summed E-state index contributed by atoms with van der Waals surface area (Å²) in [6.07, 6.45) is 0. The van der Waals surface area contributed by atoms with Crippen molar-refractivity contribution in [2.24, 2.45) is 0 Å². The van der Waals surface area contributed by atoms with Crippen LogP contribution in [-0.2, 0) is 6.54 Å². The van der Waals surface area contributed by atoms with Gasteiger partial charge in [-0.1, -0.05) is 24.3 Å². The van der Waals surface area contributed by atoms with Crippen molar-refractivity contribution in [3.8, 4) is 0 Å². The summed E-state index contributed by atoms with van der Waals surface area (Å²) in [5.41, 5.74) is 4.58. The molecule has 1 atom stereocenters. The predicted molar refractivity (Wildman–Crippen MR) is 86.7 cm³/mol. The Morgan fingerprint density at radius 3 is 2.86 bits per heavy atom. The minimum absolute atomic E-state index is 0.438. The van der Waals surface area contributed by atoms with Crippen molar-refractivity contribution in [2.45, 2.75) is 19.5 Å². The molecule has 1 aliphatic rings. The van der Waals surface area contributed by atoms with Crippen molar-refractivity contribution in [3.63, 3.8) is 0 Å². The van der Waals surface area contributed by atoms with Gasteiger partial charge in [-0.3, -0.25) is 0 Å². The first-order valence-electron chi connectivity index (χ1n) is 7.34. The van der Waals surface area contributed by atoms with E-state index in [2.05, 4.69) is 52.5 Å². The van der Waals surface area contributed by atoms with Crippen molar-refractivity contribution in [1.82, 2.24) is 9.97 Å². The summed E-state index contributed by atoms with van der Waals surface area (Å²) < 4.78 is 0. The molecule has 0 saturated carbocycles. The second-order valence-corrected chi connectivity index (χ2v) is 5.58. The number of hydrogen-bond donors (Lipinski definition) is 2. The third kappa shape index (κ3) is 2.13. The normalized spacial score (nSPS) is 17.6. The van der Waals surface area contributed by atoms with Crippen LogP contribution >= 0.6 is 0 Å². The molecule has 21 heavy (non-hydrogen) atoms. The molecule has 0 fully saturated rings. The predicted octanol–water partition coefficient (Wildman–Crippen LogP) is 3.38. The van der Waals surface area contributed by atoms with E-state index in [-0.39, 0.29) is 0 Å². The molecule has 4 nitrogen and oxygen atoms in total. The quantitative estimate of drug-likeness (QED) is 0.755. The van der Waals surface area contributed by atoms with Gasteiger partial charge in [-0.15, -0.1) is 0 Å². The summed E-state index contributed by atoms with van der Waals surface area (Å²) in [4.78, 5) is 10.5. The zero-order chi connectivity index (χ0) is 14.2. The molecule has 2 aromatic carbocycles. The standard InChI is InChI=1S/C17H18N4/c1-12-10-18-15-8-4-5-9-16(15)21(12)11-17-19-13-6-2-3-7-14(13)20-17/h2-9,12,18H,10-11H2,1H3,(H,19,20). The van der Waals surface area contributed by atoms with E-state index in [1.807, 2.05) is 18.2 Å². The van der Waals surface area contributed by atoms with Crippen molar-refractivity contribution < 1.29 is 0 Å². The number of nitrogens with zero attached hydrogens (tertiary/aromatic N) is 2. The van der Waals surface area contributed by atoms with E-state index in [1.54, 1.807) is 0 Å². The number of hydrogen-bond acceptors (Lipinski definition) is 3. The monoisotopic (exact) mass is 278 g/mol. The first kappa shape index (κ1) is 12.3. The first-order valence-corrected chi connectivity index (χ1v) is 7.34. The van der Waals surface area contributed by atoms with Gasteiger partial charge >= 0.3 is 0 Å². The van der Waals surface area contributed by atoms with Gasteiger partial charge in [-0.25, -0.2) is 4.98 Å². The molecule has 0 aliphatic carbocycles. The van der Waals surface area contributed by atoms with Crippen molar-refractivity contribution >= 4 is 22.4 Å². The number of fused-ring (bicyclic) bond motifs is 2. The first-order chi connectivity index (χ1) is 10.3. The van der Waals surface area contributed by atoms with Gasteiger partial charge in [0, 0.05) is 12.6 Å². The van der Waals surface area contributed by atoms with Crippen LogP contribution in [0.3, 0.4) is 0 Å². The lowest BCUT2D eigenvalue weighted by molar-refractivity contribution is 0.630. The average molecular weight is 278 g/mol. The maximum Gasteiger partial charge on any atom is 0.126 e. The molecule has 0 spiro atoms. The Bertz CT molecular complexity index is 744. The smallest absolute Gasteiger partial charge is 0.126 e. The average Bonchev–Trinajstić information content (AvgIpc) is 2.92. The van der Waals surface area contributed by atoms with Crippen LogP contribution in [0.2, 0.25) is 0 Å². The summed E-state index contributed by atoms with van der Waals surface area (Å²) in [5, 5.41) is 3.48. The van der Waals surface area contributed by atoms with Crippen LogP contribution in [0.4, 0.5) is 11.4 Å². The second-order valence-electron chi connectivity index (χ2n) is 5.58. The van der Waals surface area contributed by atoms with E-state index in [4.69, 9.17) is 4.98 Å². The number of aromatic amines is 1. The highest BCUT2D eigenvalue weighted by Gasteiger charge is 2.23. The fraction of sp³-hybridized carbons (Fsp3) is 0.235. The Hall–Kier alpha value is -2.49. The lowest BCUT2D eigenvalue weighted by atomic mass is 10.1. The van der Waals surface area contributed by atoms with Crippen molar-refractivity contribution in [2.75, 3.05) is 16.8 Å². The highest BCUT2D eigenvalue weighted by molar-refractivity contribution is 5.75. The Kier molecular flexibility index (Phi) is 2.81. The molecular weight excluding hydrogens is 260 g/mol. The molecule has 0 amide bonds. The highest BCUT2D eigenvalue weighted by Crippen LogP contribution is 2.32. The topological polar surface area (TPSA) is 44.0 Å². The van der Waals surface area contributed by atoms with Crippen molar-refractivity contribution in [3.05, 3.63) is 54.4 Å². The highest BCUT2D eigenvalue weighted by atomic mass is 15.2. The fourth-order valence-corrected chi connectivity index (χ4v) is 2.96. The summed E-state index contributed by atoms with van der Waals surface area (Å²) in [7, 11) is 0. The molecule has 2 heterocycles. The van der Waals surface area contributed by atoms with Crippen LogP contribution in [0.25, 0.3) is 11.0 Å². The van der Waals surface area contributed by atoms with Crippen molar-refractivity contribution in [1.29, 1.82) is 0 Å². The van der Waals surface area contributed by atoms with Crippen LogP contribution in [0, 0.1) is 0 Å². The number of anilines is 2. The number of rotatable bonds is 2. The van der Waals surface area contributed by atoms with Gasteiger partial charge in [0.15, 0.2) is 0 Å². The molecule has 1 unspecified atom stereocenters. The van der Waals surface area contributed by atoms with Gasteiger partial charge in [0.1, 0.15) is 5.82 Å². The zero-order valence-corrected chi connectivity index (χ0v) is 12.0. The van der Waals surface area contributed by atoms with E-state index < -0.39 is 0 Å². The SMILES string of the molecule is CC1CNc2ccccc2N1Cc1nc2ccccc2[nH]1. The Morgan fingerprint density at radius 1 is 1.14 bits per heavy atom. The van der Waals surface area contributed by atoms with Gasteiger partial charge in [0.2, 0.25) is 0 Å². The molecule has 1 aromatic heterocycles. The Labute approximate surface area is 123 Å². The minimum Gasteiger partial charge on any atom is -0.381 e. The third-order valence-corrected chi connectivity index (χ3v) is 4.09. The van der Waals surface area contributed by atoms with Gasteiger partial charge < -0.3 is 15.2 Å². The van der Waals surface area contributed by atoms with Gasteiger partial charge in [0.05, 0.1) is 29.0 Å². The lowest BCUT2D eigenvalue weighted by Gasteiger charge is -2.37. The number of benzene rings is 2. The summed E-state index contributed by atoms with van der Waals surface area (Å²) in [6, 6.07) is 17.1. The van der Waals surface area contributed by atoms with E-state index >= 15 is 0 Å². The van der Waals surface area contributed by atoms with Crippen LogP contribution in [0.15, 0.2) is 48.5 Å². The van der Waals surface area contributed by atoms with Crippen LogP contribution in [0.5, 0.6) is 0 Å². The largest absolute Gasteiger partial charge is 0.381 e. The van der Waals surface area contributed by atoms with Crippen LogP contribution in [-0.4, -0.2) is 22.6 Å². The van der Waals surface area contributed by atoms with Gasteiger partial charge in [-0.05, 0) is 31.2 Å². The van der Waals surface area contributed by atoms with Gasteiger partial charge in [-0.2, -0.15) is 0 Å². The molecule has 0 bridgehead atoms. The number of aromatic nitrogens is 2. The number of imidazole rings is 1. The van der Waals surface area contributed by atoms with E-state index in [0.717, 1.165) is 29.9 Å². The second kappa shape index (κ2) is 4.81. The summed E-state index contributed by atoms with van der Waals surface area (Å²) in [5.74, 6) is 1.01. The Balaban J connectivity index is 1.69. The molecule has 1 aliphatic heterocycles. The van der Waals surface area contributed by atoms with E-state index in [0.29, 0.717) is 6.04 Å². The Morgan fingerprint density at radius 2 is 1.95 bits per heavy atom. The van der Waals surface area contributed by atoms with E-state index in [1.165, 1.54) is 11.4 Å². The summed E-state index contributed by atoms with van der Waals surface area (Å²) >= 11 is 0. The molecule has 4 rings (SSSR count). The number of para-hydroxylation sites is 4. The third-order valence-electron chi connectivity index (χ3n) is 4.09. The fourth-order valence-electron chi connectivity index (χ4n) is 2.96. The van der Waals surface area contributed by atoms with Crippen LogP contribution < -0.4 is 10.2 Å². The molecule has 2 N–H and O–H groups in total. The zero-order valence-electron chi connectivity index (χ0n) is 12.0. The molecular formula is C17H18N4. The molecule has 0 radical (unpaired) electrons. The van der Waals surface area contributed by atoms with E-state index in [9.17, 15) is 0 Å². The van der Waals surface area contributed by atoms with Gasteiger partial charge in [0.25, 0.3) is 0 Å². The molecule has 106 valence electrons.